The van der Waals surface area contributed by atoms with Crippen LogP contribution in [0.4, 0.5) is 48.3 Å². The molecule has 128 valence electrons. The molecule has 0 aliphatic heterocycles. The molecule has 0 aliphatic rings. The summed E-state index contributed by atoms with van der Waals surface area (Å²) >= 11 is 0. The smallest absolute Gasteiger partial charge is 0.206 e. The molecule has 0 spiro atoms. The van der Waals surface area contributed by atoms with Gasteiger partial charge in [-0.2, -0.15) is 44.8 Å². The highest BCUT2D eigenvalue weighted by Gasteiger charge is 2.51. The SMILES string of the molecule is N#CCc1c(C(F)(F)F)c(F)c(C(F)(F)F)c(F)c1C(F)(F)F. The molecule has 1 aromatic rings. The summed E-state index contributed by atoms with van der Waals surface area (Å²) in [6, 6.07) is 0.807. The number of benzene rings is 1. The van der Waals surface area contributed by atoms with Crippen LogP contribution in [0.1, 0.15) is 22.3 Å². The minimum absolute atomic E-state index is 0.807. The van der Waals surface area contributed by atoms with Gasteiger partial charge in [0.05, 0.1) is 23.6 Å². The summed E-state index contributed by atoms with van der Waals surface area (Å²) in [5.74, 6) is -6.50. The number of hydrogen-bond donors (Lipinski definition) is 0. The molecule has 0 bridgehead atoms. The second-order valence-electron chi connectivity index (χ2n) is 4.06. The Labute approximate surface area is 119 Å². The third kappa shape index (κ3) is 3.48. The van der Waals surface area contributed by atoms with Crippen molar-refractivity contribution in [1.82, 2.24) is 0 Å². The van der Waals surface area contributed by atoms with Crippen LogP contribution in [0.5, 0.6) is 0 Å². The van der Waals surface area contributed by atoms with Crippen LogP contribution < -0.4 is 0 Å². The molecule has 0 aliphatic carbocycles. The number of rotatable bonds is 1. The van der Waals surface area contributed by atoms with Crippen LogP contribution in [0.25, 0.3) is 0 Å². The summed E-state index contributed by atoms with van der Waals surface area (Å²) in [6.07, 6.45) is -20.0. The number of alkyl halides is 9. The highest BCUT2D eigenvalue weighted by atomic mass is 19.4. The van der Waals surface area contributed by atoms with Crippen LogP contribution in [0.15, 0.2) is 0 Å². The zero-order chi connectivity index (χ0) is 18.4. The van der Waals surface area contributed by atoms with E-state index in [0.29, 0.717) is 0 Å². The van der Waals surface area contributed by atoms with E-state index >= 15 is 0 Å². The van der Waals surface area contributed by atoms with Gasteiger partial charge in [0.25, 0.3) is 0 Å². The molecule has 0 heterocycles. The normalized spacial score (nSPS) is 13.1. The van der Waals surface area contributed by atoms with Gasteiger partial charge < -0.3 is 0 Å². The Balaban J connectivity index is 4.16. The number of nitriles is 1. The maximum absolute atomic E-state index is 13.5. The number of hydrogen-bond acceptors (Lipinski definition) is 1. The van der Waals surface area contributed by atoms with Crippen molar-refractivity contribution in [1.29, 1.82) is 5.26 Å². The van der Waals surface area contributed by atoms with Crippen molar-refractivity contribution >= 4 is 0 Å². The Morgan fingerprint density at radius 2 is 0.957 bits per heavy atom. The second-order valence-corrected chi connectivity index (χ2v) is 4.06. The van der Waals surface area contributed by atoms with E-state index in [-0.39, 0.29) is 0 Å². The van der Waals surface area contributed by atoms with Crippen molar-refractivity contribution in [2.75, 3.05) is 0 Å². The zero-order valence-corrected chi connectivity index (χ0v) is 10.3. The summed E-state index contributed by atoms with van der Waals surface area (Å²) < 4.78 is 141. The van der Waals surface area contributed by atoms with Gasteiger partial charge in [-0.05, 0) is 5.56 Å². The van der Waals surface area contributed by atoms with Crippen LogP contribution in [0.2, 0.25) is 0 Å². The van der Waals surface area contributed by atoms with Crippen molar-refractivity contribution in [2.45, 2.75) is 24.9 Å². The van der Waals surface area contributed by atoms with Crippen molar-refractivity contribution in [3.63, 3.8) is 0 Å². The molecule has 0 N–H and O–H groups in total. The molecular formula is C11H2F11N. The fraction of sp³-hybridized carbons (Fsp3) is 0.364. The van der Waals surface area contributed by atoms with Gasteiger partial charge in [-0.25, -0.2) is 8.78 Å². The first-order chi connectivity index (χ1) is 10.1. The maximum Gasteiger partial charge on any atom is 0.422 e. The van der Waals surface area contributed by atoms with Gasteiger partial charge >= 0.3 is 18.5 Å². The molecule has 1 aromatic carbocycles. The highest BCUT2D eigenvalue weighted by Crippen LogP contribution is 2.47. The minimum Gasteiger partial charge on any atom is -0.206 e. The van der Waals surface area contributed by atoms with E-state index in [2.05, 4.69) is 0 Å². The summed E-state index contributed by atoms with van der Waals surface area (Å²) in [4.78, 5) is 0. The zero-order valence-electron chi connectivity index (χ0n) is 10.3. The van der Waals surface area contributed by atoms with E-state index in [4.69, 9.17) is 5.26 Å². The van der Waals surface area contributed by atoms with E-state index in [1.54, 1.807) is 0 Å². The standard InChI is InChI=1S/C11H2F11N/c12-7-4(9(14,15)16)3(1-2-23)5(10(17,18)19)8(13)6(7)11(20,21)22/h1H2. The average molecular weight is 357 g/mol. The van der Waals surface area contributed by atoms with Crippen LogP contribution in [-0.4, -0.2) is 0 Å². The van der Waals surface area contributed by atoms with Crippen LogP contribution in [-0.2, 0) is 24.9 Å². The molecule has 1 nitrogen and oxygen atoms in total. The van der Waals surface area contributed by atoms with Crippen LogP contribution in [0.3, 0.4) is 0 Å². The molecule has 0 saturated heterocycles. The van der Waals surface area contributed by atoms with Gasteiger partial charge in [0, 0.05) is 0 Å². The topological polar surface area (TPSA) is 23.8 Å². The third-order valence-corrected chi connectivity index (χ3v) is 2.59. The first kappa shape index (κ1) is 19.0. The van der Waals surface area contributed by atoms with E-state index < -0.39 is 58.8 Å². The first-order valence-electron chi connectivity index (χ1n) is 5.26. The Morgan fingerprint density at radius 1 is 0.652 bits per heavy atom. The van der Waals surface area contributed by atoms with Crippen molar-refractivity contribution in [2.24, 2.45) is 0 Å². The molecule has 0 saturated carbocycles. The van der Waals surface area contributed by atoms with Crippen LogP contribution in [0, 0.1) is 23.0 Å². The molecule has 1 rings (SSSR count). The lowest BCUT2D eigenvalue weighted by Gasteiger charge is -2.22. The first-order valence-corrected chi connectivity index (χ1v) is 5.26. The fourth-order valence-electron chi connectivity index (χ4n) is 1.83. The predicted octanol–water partition coefficient (Wildman–Crippen LogP) is 5.09. The number of halogens is 11. The van der Waals surface area contributed by atoms with Gasteiger partial charge in [-0.1, -0.05) is 0 Å². The van der Waals surface area contributed by atoms with Crippen molar-refractivity contribution in [3.8, 4) is 6.07 Å². The molecule has 23 heavy (non-hydrogen) atoms. The predicted molar refractivity (Wildman–Crippen MR) is 50.7 cm³/mol. The molecule has 0 amide bonds. The monoisotopic (exact) mass is 357 g/mol. The Kier molecular flexibility index (Phi) is 4.57. The summed E-state index contributed by atoms with van der Waals surface area (Å²) in [5.41, 5.74) is -11.5. The molecule has 12 heteroatoms. The van der Waals surface area contributed by atoms with Gasteiger partial charge in [0.15, 0.2) is 11.6 Å². The molecule has 0 aromatic heterocycles. The van der Waals surface area contributed by atoms with Crippen molar-refractivity contribution in [3.05, 3.63) is 33.9 Å². The summed E-state index contributed by atoms with van der Waals surface area (Å²) in [6.45, 7) is 0. The highest BCUT2D eigenvalue weighted by molar-refractivity contribution is 5.47. The summed E-state index contributed by atoms with van der Waals surface area (Å²) in [7, 11) is 0. The van der Waals surface area contributed by atoms with E-state index in [1.165, 1.54) is 0 Å². The molecule has 0 unspecified atom stereocenters. The van der Waals surface area contributed by atoms with Gasteiger partial charge in [0.1, 0.15) is 5.56 Å². The van der Waals surface area contributed by atoms with Gasteiger partial charge in [-0.15, -0.1) is 0 Å². The average Bonchev–Trinajstić information content (AvgIpc) is 2.22. The Bertz CT molecular complexity index is 616. The van der Waals surface area contributed by atoms with E-state index in [1.807, 2.05) is 0 Å². The van der Waals surface area contributed by atoms with Gasteiger partial charge in [0.2, 0.25) is 0 Å². The lowest BCUT2D eigenvalue weighted by molar-refractivity contribution is -0.156. The van der Waals surface area contributed by atoms with Crippen LogP contribution >= 0.6 is 0 Å². The van der Waals surface area contributed by atoms with E-state index in [9.17, 15) is 48.3 Å². The quantitative estimate of drug-likeness (QED) is 0.643. The second kappa shape index (κ2) is 5.54. The summed E-state index contributed by atoms with van der Waals surface area (Å²) in [5, 5.41) is 8.26. The Morgan fingerprint density at radius 3 is 1.17 bits per heavy atom. The molecule has 0 fully saturated rings. The van der Waals surface area contributed by atoms with E-state index in [0.717, 1.165) is 6.07 Å². The minimum atomic E-state index is -6.15. The molecule has 0 radical (unpaired) electrons. The van der Waals surface area contributed by atoms with Crippen molar-refractivity contribution < 1.29 is 48.3 Å². The van der Waals surface area contributed by atoms with Gasteiger partial charge in [-0.3, -0.25) is 0 Å². The molecule has 0 atom stereocenters. The third-order valence-electron chi connectivity index (χ3n) is 2.59. The largest absolute Gasteiger partial charge is 0.422 e. The maximum atomic E-state index is 13.5. The lowest BCUT2D eigenvalue weighted by Crippen LogP contribution is -2.26. The lowest BCUT2D eigenvalue weighted by atomic mass is 9.92. The molecular weight excluding hydrogens is 355 g/mol. The fourth-order valence-corrected chi connectivity index (χ4v) is 1.83. The number of nitrogens with zero attached hydrogens (tertiary/aromatic N) is 1. The Hall–Kier alpha value is -2.06.